The van der Waals surface area contributed by atoms with Crippen molar-refractivity contribution in [2.45, 2.75) is 45.8 Å². The van der Waals surface area contributed by atoms with Gasteiger partial charge in [-0.2, -0.15) is 0 Å². The number of aliphatic hydroxyl groups is 2. The van der Waals surface area contributed by atoms with Crippen LogP contribution in [0.2, 0.25) is 0 Å². The Labute approximate surface area is 126 Å². The summed E-state index contributed by atoms with van der Waals surface area (Å²) in [5.41, 5.74) is -0.563. The van der Waals surface area contributed by atoms with E-state index in [9.17, 15) is 9.90 Å². The molecule has 2 N–H and O–H groups in total. The lowest BCUT2D eigenvalue weighted by Gasteiger charge is -2.26. The van der Waals surface area contributed by atoms with E-state index in [4.69, 9.17) is 19.3 Å². The summed E-state index contributed by atoms with van der Waals surface area (Å²) in [4.78, 5) is 11.9. The van der Waals surface area contributed by atoms with Gasteiger partial charge < -0.3 is 24.4 Å². The average Bonchev–Trinajstić information content (AvgIpc) is 2.69. The fraction of sp³-hybridized carbons (Fsp3) is 0.933. The summed E-state index contributed by atoms with van der Waals surface area (Å²) >= 11 is 0. The molecule has 0 spiro atoms. The number of carbonyl (C=O) groups excluding carboxylic acids is 1. The molecule has 0 aromatic carbocycles. The molecule has 6 heteroatoms. The third-order valence-electron chi connectivity index (χ3n) is 3.88. The van der Waals surface area contributed by atoms with E-state index in [2.05, 4.69) is 0 Å². The standard InChI is InChI=1S/C15H28O6/c1-15(2,3)14(18)20-8-11-10(5-6-16)12(17)7-13(11)21-9-19-4/h10-13,16-17H,5-9H2,1-4H3/t10-,11-,12+,13-/m0/s1. The Morgan fingerprint density at radius 1 is 1.29 bits per heavy atom. The molecule has 0 aromatic rings. The van der Waals surface area contributed by atoms with Gasteiger partial charge in [-0.25, -0.2) is 0 Å². The van der Waals surface area contributed by atoms with Gasteiger partial charge in [0.1, 0.15) is 6.79 Å². The van der Waals surface area contributed by atoms with Crippen LogP contribution in [-0.2, 0) is 19.0 Å². The van der Waals surface area contributed by atoms with Crippen molar-refractivity contribution in [3.63, 3.8) is 0 Å². The van der Waals surface area contributed by atoms with Crippen LogP contribution in [0.3, 0.4) is 0 Å². The zero-order chi connectivity index (χ0) is 16.0. The summed E-state index contributed by atoms with van der Waals surface area (Å²) in [5.74, 6) is -0.546. The molecule has 0 unspecified atom stereocenters. The predicted octanol–water partition coefficient (Wildman–Crippen LogP) is 0.944. The van der Waals surface area contributed by atoms with Crippen LogP contribution in [0, 0.1) is 17.3 Å². The van der Waals surface area contributed by atoms with Crippen molar-refractivity contribution >= 4 is 5.97 Å². The number of esters is 1. The Morgan fingerprint density at radius 3 is 2.48 bits per heavy atom. The molecule has 124 valence electrons. The van der Waals surface area contributed by atoms with Gasteiger partial charge >= 0.3 is 5.97 Å². The second-order valence-corrected chi connectivity index (χ2v) is 6.60. The lowest BCUT2D eigenvalue weighted by molar-refractivity contribution is -0.158. The van der Waals surface area contributed by atoms with E-state index in [-0.39, 0.29) is 43.9 Å². The molecular formula is C15H28O6. The first-order chi connectivity index (χ1) is 9.81. The van der Waals surface area contributed by atoms with Gasteiger partial charge in [0.25, 0.3) is 0 Å². The molecule has 6 nitrogen and oxygen atoms in total. The smallest absolute Gasteiger partial charge is 0.311 e. The molecule has 1 rings (SSSR count). The second kappa shape index (κ2) is 8.08. The summed E-state index contributed by atoms with van der Waals surface area (Å²) in [5, 5.41) is 19.3. The molecule has 4 atom stereocenters. The lowest BCUT2D eigenvalue weighted by atomic mass is 9.91. The fourth-order valence-electron chi connectivity index (χ4n) is 2.67. The highest BCUT2D eigenvalue weighted by molar-refractivity contribution is 5.75. The van der Waals surface area contributed by atoms with Crippen LogP contribution in [0.5, 0.6) is 0 Å². The predicted molar refractivity (Wildman–Crippen MR) is 76.5 cm³/mol. The van der Waals surface area contributed by atoms with Crippen molar-refractivity contribution in [2.75, 3.05) is 27.1 Å². The maximum absolute atomic E-state index is 11.9. The first-order valence-electron chi connectivity index (χ1n) is 7.38. The number of hydrogen-bond donors (Lipinski definition) is 2. The summed E-state index contributed by atoms with van der Waals surface area (Å²) in [6.07, 6.45) is 0.138. The zero-order valence-corrected chi connectivity index (χ0v) is 13.4. The number of rotatable bonds is 7. The Balaban J connectivity index is 2.67. The van der Waals surface area contributed by atoms with Crippen molar-refractivity contribution in [2.24, 2.45) is 17.3 Å². The third kappa shape index (κ3) is 5.21. The minimum atomic E-state index is -0.563. The van der Waals surface area contributed by atoms with Gasteiger partial charge in [-0.05, 0) is 33.1 Å². The van der Waals surface area contributed by atoms with E-state index in [1.54, 1.807) is 20.8 Å². The summed E-state index contributed by atoms with van der Waals surface area (Å²) < 4.78 is 15.8. The van der Waals surface area contributed by atoms with Gasteiger partial charge in [0.05, 0.1) is 24.2 Å². The highest BCUT2D eigenvalue weighted by atomic mass is 16.7. The van der Waals surface area contributed by atoms with Gasteiger partial charge in [-0.3, -0.25) is 4.79 Å². The van der Waals surface area contributed by atoms with Crippen molar-refractivity contribution in [3.05, 3.63) is 0 Å². The normalized spacial score (nSPS) is 29.6. The van der Waals surface area contributed by atoms with E-state index in [1.807, 2.05) is 0 Å². The summed E-state index contributed by atoms with van der Waals surface area (Å²) in [6.45, 7) is 5.69. The number of methoxy groups -OCH3 is 1. The van der Waals surface area contributed by atoms with Gasteiger partial charge in [0.15, 0.2) is 0 Å². The van der Waals surface area contributed by atoms with Crippen molar-refractivity contribution < 1.29 is 29.2 Å². The largest absolute Gasteiger partial charge is 0.465 e. The van der Waals surface area contributed by atoms with Crippen LogP contribution in [0.1, 0.15) is 33.6 Å². The molecule has 0 aromatic heterocycles. The average molecular weight is 304 g/mol. The summed E-state index contributed by atoms with van der Waals surface area (Å²) in [6, 6.07) is 0. The van der Waals surface area contributed by atoms with Crippen LogP contribution in [0.15, 0.2) is 0 Å². The zero-order valence-electron chi connectivity index (χ0n) is 13.4. The molecule has 1 fully saturated rings. The highest BCUT2D eigenvalue weighted by Gasteiger charge is 2.43. The number of hydrogen-bond acceptors (Lipinski definition) is 6. The SMILES string of the molecule is COCO[C@H]1C[C@@H](O)[C@@H](CCO)[C@@H]1COC(=O)C(C)(C)C. The Bertz CT molecular complexity index is 325. The van der Waals surface area contributed by atoms with Crippen LogP contribution in [0.4, 0.5) is 0 Å². The highest BCUT2D eigenvalue weighted by Crippen LogP contribution is 2.37. The first-order valence-corrected chi connectivity index (χ1v) is 7.38. The molecule has 0 saturated heterocycles. The first kappa shape index (κ1) is 18.4. The maximum atomic E-state index is 11.9. The lowest BCUT2D eigenvalue weighted by Crippen LogP contribution is -2.33. The van der Waals surface area contributed by atoms with E-state index in [0.717, 1.165) is 0 Å². The molecule has 1 saturated carbocycles. The molecule has 0 radical (unpaired) electrons. The third-order valence-corrected chi connectivity index (χ3v) is 3.88. The van der Waals surface area contributed by atoms with E-state index in [1.165, 1.54) is 7.11 Å². The minimum Gasteiger partial charge on any atom is -0.465 e. The monoisotopic (exact) mass is 304 g/mol. The van der Waals surface area contributed by atoms with Crippen LogP contribution >= 0.6 is 0 Å². The summed E-state index contributed by atoms with van der Waals surface area (Å²) in [7, 11) is 1.53. The topological polar surface area (TPSA) is 85.2 Å². The van der Waals surface area contributed by atoms with Gasteiger partial charge in [0.2, 0.25) is 0 Å². The maximum Gasteiger partial charge on any atom is 0.311 e. The fourth-order valence-corrected chi connectivity index (χ4v) is 2.67. The molecule has 1 aliphatic rings. The Hall–Kier alpha value is -0.690. The second-order valence-electron chi connectivity index (χ2n) is 6.60. The van der Waals surface area contributed by atoms with Crippen LogP contribution in [-0.4, -0.2) is 55.5 Å². The molecule has 0 aliphatic heterocycles. The van der Waals surface area contributed by atoms with Gasteiger partial charge in [0, 0.05) is 26.1 Å². The molecule has 0 amide bonds. The van der Waals surface area contributed by atoms with Crippen molar-refractivity contribution in [3.8, 4) is 0 Å². The number of carbonyl (C=O) groups is 1. The van der Waals surface area contributed by atoms with Gasteiger partial charge in [-0.1, -0.05) is 0 Å². The van der Waals surface area contributed by atoms with Crippen LogP contribution in [0.25, 0.3) is 0 Å². The van der Waals surface area contributed by atoms with Gasteiger partial charge in [-0.15, -0.1) is 0 Å². The Kier molecular flexibility index (Phi) is 7.06. The number of aliphatic hydroxyl groups excluding tert-OH is 2. The molecule has 0 heterocycles. The Morgan fingerprint density at radius 2 is 1.95 bits per heavy atom. The molecular weight excluding hydrogens is 276 g/mol. The quantitative estimate of drug-likeness (QED) is 0.538. The molecule has 0 bridgehead atoms. The molecule has 1 aliphatic carbocycles. The van der Waals surface area contributed by atoms with Crippen molar-refractivity contribution in [1.82, 2.24) is 0 Å². The number of ether oxygens (including phenoxy) is 3. The van der Waals surface area contributed by atoms with E-state index < -0.39 is 11.5 Å². The van der Waals surface area contributed by atoms with E-state index in [0.29, 0.717) is 12.8 Å². The van der Waals surface area contributed by atoms with E-state index >= 15 is 0 Å². The minimum absolute atomic E-state index is 0.0115. The van der Waals surface area contributed by atoms with Crippen molar-refractivity contribution in [1.29, 1.82) is 0 Å². The molecule has 21 heavy (non-hydrogen) atoms. The van der Waals surface area contributed by atoms with Crippen LogP contribution < -0.4 is 0 Å².